The summed E-state index contributed by atoms with van der Waals surface area (Å²) in [6, 6.07) is 3.51. The molecule has 0 saturated heterocycles. The lowest BCUT2D eigenvalue weighted by Gasteiger charge is -2.40. The van der Waals surface area contributed by atoms with Crippen LogP contribution in [0, 0.1) is 17.6 Å². The largest absolute Gasteiger partial charge is 0.389 e. The van der Waals surface area contributed by atoms with Crippen molar-refractivity contribution in [3.8, 4) is 0 Å². The summed E-state index contributed by atoms with van der Waals surface area (Å²) in [5, 5.41) is 10.7. The Morgan fingerprint density at radius 2 is 1.89 bits per heavy atom. The summed E-state index contributed by atoms with van der Waals surface area (Å²) in [6.45, 7) is 2.06. The van der Waals surface area contributed by atoms with Gasteiger partial charge in [0.05, 0.1) is 5.60 Å². The van der Waals surface area contributed by atoms with Gasteiger partial charge < -0.3 is 5.11 Å². The van der Waals surface area contributed by atoms with E-state index in [4.69, 9.17) is 0 Å². The van der Waals surface area contributed by atoms with Crippen LogP contribution in [0.1, 0.15) is 44.6 Å². The first-order valence-corrected chi connectivity index (χ1v) is 6.71. The fraction of sp³-hybridized carbons (Fsp3) is 0.600. The quantitative estimate of drug-likeness (QED) is 0.869. The highest BCUT2D eigenvalue weighted by Gasteiger charge is 2.37. The minimum absolute atomic E-state index is 0.234. The minimum atomic E-state index is -0.798. The molecule has 1 aliphatic rings. The molecule has 2 rings (SSSR count). The number of hydrogen-bond acceptors (Lipinski definition) is 1. The van der Waals surface area contributed by atoms with Crippen molar-refractivity contribution in [1.29, 1.82) is 0 Å². The molecule has 100 valence electrons. The van der Waals surface area contributed by atoms with Gasteiger partial charge in [-0.1, -0.05) is 26.2 Å². The first-order chi connectivity index (χ1) is 8.53. The zero-order valence-electron chi connectivity index (χ0n) is 10.8. The average Bonchev–Trinajstić information content (AvgIpc) is 2.27. The van der Waals surface area contributed by atoms with Crippen molar-refractivity contribution in [2.24, 2.45) is 5.92 Å². The van der Waals surface area contributed by atoms with E-state index in [1.807, 2.05) is 0 Å². The molecule has 1 N–H and O–H groups in total. The second-order valence-corrected chi connectivity index (χ2v) is 5.41. The maximum atomic E-state index is 13.2. The molecule has 18 heavy (non-hydrogen) atoms. The lowest BCUT2D eigenvalue weighted by Crippen LogP contribution is -2.42. The molecule has 1 aromatic rings. The standard InChI is InChI=1S/C15H20F2O/c1-2-12-5-3-4-6-15(12,18)10-11-7-13(16)9-14(17)8-11/h7-9,12,18H,2-6,10H2,1H3. The number of hydrogen-bond donors (Lipinski definition) is 1. The van der Waals surface area contributed by atoms with Gasteiger partial charge in [-0.2, -0.15) is 0 Å². The molecule has 0 aromatic heterocycles. The van der Waals surface area contributed by atoms with Crippen molar-refractivity contribution in [3.63, 3.8) is 0 Å². The molecule has 3 heteroatoms. The SMILES string of the molecule is CCC1CCCCC1(O)Cc1cc(F)cc(F)c1. The molecular formula is C15H20F2O. The molecule has 1 fully saturated rings. The molecule has 2 atom stereocenters. The van der Waals surface area contributed by atoms with Crippen LogP contribution in [0.4, 0.5) is 8.78 Å². The lowest BCUT2D eigenvalue weighted by molar-refractivity contribution is -0.0491. The van der Waals surface area contributed by atoms with E-state index in [-0.39, 0.29) is 5.92 Å². The third kappa shape index (κ3) is 2.89. The lowest BCUT2D eigenvalue weighted by atomic mass is 9.71. The monoisotopic (exact) mass is 254 g/mol. The maximum Gasteiger partial charge on any atom is 0.126 e. The van der Waals surface area contributed by atoms with Gasteiger partial charge in [0.1, 0.15) is 11.6 Å². The van der Waals surface area contributed by atoms with Gasteiger partial charge in [-0.3, -0.25) is 0 Å². The van der Waals surface area contributed by atoms with Gasteiger partial charge in [0.15, 0.2) is 0 Å². The summed E-state index contributed by atoms with van der Waals surface area (Å²) in [6.07, 6.45) is 5.12. The zero-order valence-corrected chi connectivity index (χ0v) is 10.8. The third-order valence-electron chi connectivity index (χ3n) is 4.10. The highest BCUT2D eigenvalue weighted by atomic mass is 19.1. The van der Waals surface area contributed by atoms with Crippen LogP contribution in [-0.2, 0) is 6.42 Å². The van der Waals surface area contributed by atoms with Gasteiger partial charge in [0, 0.05) is 12.5 Å². The molecule has 0 radical (unpaired) electrons. The fourth-order valence-corrected chi connectivity index (χ4v) is 3.18. The summed E-state index contributed by atoms with van der Waals surface area (Å²) in [5.41, 5.74) is -0.247. The Hall–Kier alpha value is -0.960. The van der Waals surface area contributed by atoms with E-state index in [9.17, 15) is 13.9 Å². The molecule has 1 aromatic carbocycles. The van der Waals surface area contributed by atoms with Crippen LogP contribution in [0.5, 0.6) is 0 Å². The average molecular weight is 254 g/mol. The van der Waals surface area contributed by atoms with Crippen LogP contribution >= 0.6 is 0 Å². The van der Waals surface area contributed by atoms with Crippen LogP contribution < -0.4 is 0 Å². The first-order valence-electron chi connectivity index (χ1n) is 6.71. The maximum absolute atomic E-state index is 13.2. The molecule has 0 amide bonds. The van der Waals surface area contributed by atoms with Crippen LogP contribution in [0.25, 0.3) is 0 Å². The summed E-state index contributed by atoms with van der Waals surface area (Å²) in [7, 11) is 0. The van der Waals surface area contributed by atoms with Crippen LogP contribution in [0.2, 0.25) is 0 Å². The third-order valence-corrected chi connectivity index (χ3v) is 4.10. The fourth-order valence-electron chi connectivity index (χ4n) is 3.18. The Morgan fingerprint density at radius 1 is 1.22 bits per heavy atom. The Labute approximate surface area is 107 Å². The van der Waals surface area contributed by atoms with E-state index >= 15 is 0 Å². The molecule has 1 aliphatic carbocycles. The molecule has 0 bridgehead atoms. The Bertz CT molecular complexity index is 399. The number of aliphatic hydroxyl groups is 1. The summed E-state index contributed by atoms with van der Waals surface area (Å²) < 4.78 is 26.3. The van der Waals surface area contributed by atoms with Crippen molar-refractivity contribution >= 4 is 0 Å². The smallest absolute Gasteiger partial charge is 0.126 e. The first kappa shape index (κ1) is 13.5. The highest BCUT2D eigenvalue weighted by molar-refractivity contribution is 5.20. The molecule has 0 aliphatic heterocycles. The van der Waals surface area contributed by atoms with E-state index in [1.165, 1.54) is 12.1 Å². The predicted octanol–water partition coefficient (Wildman–Crippen LogP) is 3.84. The van der Waals surface area contributed by atoms with Gasteiger partial charge in [0.2, 0.25) is 0 Å². The van der Waals surface area contributed by atoms with Crippen LogP contribution in [-0.4, -0.2) is 10.7 Å². The van der Waals surface area contributed by atoms with E-state index in [1.54, 1.807) is 0 Å². The topological polar surface area (TPSA) is 20.2 Å². The molecule has 2 unspecified atom stereocenters. The number of rotatable bonds is 3. The van der Waals surface area contributed by atoms with Crippen LogP contribution in [0.3, 0.4) is 0 Å². The van der Waals surface area contributed by atoms with Crippen LogP contribution in [0.15, 0.2) is 18.2 Å². The molecule has 0 heterocycles. The Kier molecular flexibility index (Phi) is 4.00. The van der Waals surface area contributed by atoms with Crippen molar-refractivity contribution in [1.82, 2.24) is 0 Å². The van der Waals surface area contributed by atoms with E-state index in [0.29, 0.717) is 12.0 Å². The molecule has 1 nitrogen and oxygen atoms in total. The van der Waals surface area contributed by atoms with Gasteiger partial charge in [-0.25, -0.2) is 8.78 Å². The molecule has 1 saturated carbocycles. The zero-order chi connectivity index (χ0) is 13.2. The second kappa shape index (κ2) is 5.35. The van der Waals surface area contributed by atoms with Crippen molar-refractivity contribution in [2.45, 2.75) is 51.0 Å². The summed E-state index contributed by atoms with van der Waals surface area (Å²) >= 11 is 0. The summed E-state index contributed by atoms with van der Waals surface area (Å²) in [4.78, 5) is 0. The molecular weight excluding hydrogens is 234 g/mol. The Balaban J connectivity index is 2.19. The Morgan fingerprint density at radius 3 is 2.50 bits per heavy atom. The van der Waals surface area contributed by atoms with Crippen molar-refractivity contribution in [3.05, 3.63) is 35.4 Å². The summed E-state index contributed by atoms with van der Waals surface area (Å²) in [5.74, 6) is -0.910. The minimum Gasteiger partial charge on any atom is -0.389 e. The van der Waals surface area contributed by atoms with E-state index in [2.05, 4.69) is 6.92 Å². The van der Waals surface area contributed by atoms with Gasteiger partial charge in [-0.15, -0.1) is 0 Å². The van der Waals surface area contributed by atoms with Gasteiger partial charge in [-0.05, 0) is 36.5 Å². The highest BCUT2D eigenvalue weighted by Crippen LogP contribution is 2.38. The predicted molar refractivity (Wildman–Crippen MR) is 67.3 cm³/mol. The number of halogens is 2. The normalized spacial score (nSPS) is 28.3. The number of benzene rings is 1. The van der Waals surface area contributed by atoms with Gasteiger partial charge >= 0.3 is 0 Å². The van der Waals surface area contributed by atoms with Gasteiger partial charge in [0.25, 0.3) is 0 Å². The molecule has 0 spiro atoms. The van der Waals surface area contributed by atoms with E-state index < -0.39 is 17.2 Å². The van der Waals surface area contributed by atoms with Crippen molar-refractivity contribution in [2.75, 3.05) is 0 Å². The second-order valence-electron chi connectivity index (χ2n) is 5.41. The van der Waals surface area contributed by atoms with E-state index in [0.717, 1.165) is 38.2 Å². The van der Waals surface area contributed by atoms with Crippen molar-refractivity contribution < 1.29 is 13.9 Å².